The van der Waals surface area contributed by atoms with Gasteiger partial charge in [0.05, 0.1) is 63.1 Å². The van der Waals surface area contributed by atoms with Gasteiger partial charge < -0.3 is 139 Å². The van der Waals surface area contributed by atoms with Crippen LogP contribution in [0.4, 0.5) is 0 Å². The van der Waals surface area contributed by atoms with Gasteiger partial charge in [0.2, 0.25) is 0 Å². The first-order valence-electron chi connectivity index (χ1n) is 31.9. The quantitative estimate of drug-likeness (QED) is 0.0515. The van der Waals surface area contributed by atoms with Crippen molar-refractivity contribution >= 4 is 0 Å². The molecule has 89 heavy (non-hydrogen) atoms. The van der Waals surface area contributed by atoms with Crippen molar-refractivity contribution in [2.45, 2.75) is 285 Å². The lowest BCUT2D eigenvalue weighted by Gasteiger charge is -2.67. The number of allylic oxidation sites excluding steroid dienone is 1. The molecular formula is C61H104O28. The third-order valence-corrected chi connectivity index (χ3v) is 23.3. The van der Waals surface area contributed by atoms with Gasteiger partial charge in [-0.3, -0.25) is 0 Å². The van der Waals surface area contributed by atoms with Crippen LogP contribution >= 0.6 is 0 Å². The van der Waals surface area contributed by atoms with E-state index in [2.05, 4.69) is 47.6 Å². The summed E-state index contributed by atoms with van der Waals surface area (Å²) in [6, 6.07) is 0. The zero-order valence-electron chi connectivity index (χ0n) is 52.4. The van der Waals surface area contributed by atoms with Crippen LogP contribution in [0.25, 0.3) is 0 Å². The van der Waals surface area contributed by atoms with Gasteiger partial charge in [0.1, 0.15) is 110 Å². The van der Waals surface area contributed by atoms with Crippen molar-refractivity contribution in [3.8, 4) is 0 Å². The molecule has 9 aliphatic rings. The molecule has 3 saturated carbocycles. The molecule has 5 heterocycles. The molecule has 3 unspecified atom stereocenters. The fourth-order valence-corrected chi connectivity index (χ4v) is 17.3. The Morgan fingerprint density at radius 3 is 1.54 bits per heavy atom. The van der Waals surface area contributed by atoms with Gasteiger partial charge in [-0.2, -0.15) is 0 Å². The fourth-order valence-electron chi connectivity index (χ4n) is 17.3. The van der Waals surface area contributed by atoms with Crippen LogP contribution in [0, 0.1) is 51.2 Å². The van der Waals surface area contributed by atoms with Gasteiger partial charge in [0.15, 0.2) is 31.5 Å². The summed E-state index contributed by atoms with van der Waals surface area (Å²) in [6.07, 6.45) is -35.7. The van der Waals surface area contributed by atoms with Gasteiger partial charge in [0.25, 0.3) is 0 Å². The van der Waals surface area contributed by atoms with Gasteiger partial charge in [-0.15, -0.1) is 0 Å². The minimum absolute atomic E-state index is 0.0262. The molecule has 0 amide bonds. The molecule has 0 spiro atoms. The average molecular weight is 1290 g/mol. The topological polar surface area (TPSA) is 456 Å². The highest BCUT2D eigenvalue weighted by atomic mass is 16.8. The SMILES string of the molecule is C[C@@H]1[C@@H](O)[C@@H](OC[C@H]2O[C@@H](O[C@H](CC[C@@H](C)C3CC[C@@]4(C)C5CC=C6C(CC[C@H](O[C@@H]7O[C@H](CO)[C@@H](O)[C@H](O)[C@H]7O)C6(C)C)[C@]5(C)[C@H](O)C[C@]34C)C(C)(C)O)[C@H](O[C@@H]3O[C@H](CO)[C@@H](O)[C@H](O)[C@H]3O)[C@@H](O)[C@@H]2O[C@H]2O[C@H](CO)[C@@H](O)[C@H](O)[C@H]2O)O[C@H](CO)[C@H]1O. The van der Waals surface area contributed by atoms with Crippen LogP contribution in [0.1, 0.15) is 114 Å². The molecule has 35 atom stereocenters. The van der Waals surface area contributed by atoms with Crippen molar-refractivity contribution in [1.82, 2.24) is 0 Å². The lowest BCUT2D eigenvalue weighted by Crippen LogP contribution is -2.67. The average Bonchev–Trinajstić information content (AvgIpc) is 1.66. The van der Waals surface area contributed by atoms with Crippen molar-refractivity contribution in [1.29, 1.82) is 0 Å². The van der Waals surface area contributed by atoms with Crippen LogP contribution in [0.15, 0.2) is 11.6 Å². The second-order valence-electron chi connectivity index (χ2n) is 29.0. The van der Waals surface area contributed by atoms with E-state index in [1.807, 2.05) is 0 Å². The Labute approximate surface area is 518 Å². The molecule has 5 aliphatic heterocycles. The third kappa shape index (κ3) is 13.0. The van der Waals surface area contributed by atoms with E-state index in [-0.39, 0.29) is 35.5 Å². The van der Waals surface area contributed by atoms with E-state index in [0.717, 1.165) is 18.4 Å². The molecule has 0 bridgehead atoms. The molecule has 4 aliphatic carbocycles. The predicted octanol–water partition coefficient (Wildman–Crippen LogP) is -4.13. The number of rotatable bonds is 20. The molecular weight excluding hydrogens is 1180 g/mol. The van der Waals surface area contributed by atoms with Crippen LogP contribution < -0.4 is 0 Å². The molecule has 0 aromatic rings. The van der Waals surface area contributed by atoms with Gasteiger partial charge in [-0.05, 0) is 99.7 Å². The van der Waals surface area contributed by atoms with Crippen LogP contribution in [-0.4, -0.2) is 296 Å². The van der Waals surface area contributed by atoms with Crippen molar-refractivity contribution in [3.05, 3.63) is 11.6 Å². The highest BCUT2D eigenvalue weighted by Crippen LogP contribution is 2.75. The summed E-state index contributed by atoms with van der Waals surface area (Å²) in [5.41, 5.74) is -2.35. The summed E-state index contributed by atoms with van der Waals surface area (Å²) >= 11 is 0. The van der Waals surface area contributed by atoms with E-state index in [0.29, 0.717) is 32.1 Å². The van der Waals surface area contributed by atoms with E-state index in [1.165, 1.54) is 20.8 Å². The molecule has 0 aromatic carbocycles. The van der Waals surface area contributed by atoms with Crippen molar-refractivity contribution in [2.75, 3.05) is 33.0 Å². The summed E-state index contributed by atoms with van der Waals surface area (Å²) in [6.45, 7) is 14.0. The largest absolute Gasteiger partial charge is 0.394 e. The first kappa shape index (κ1) is 71.9. The molecule has 9 rings (SSSR count). The van der Waals surface area contributed by atoms with E-state index >= 15 is 0 Å². The Hall–Kier alpha value is -1.38. The maximum Gasteiger partial charge on any atom is 0.187 e. The van der Waals surface area contributed by atoms with Crippen LogP contribution in [0.5, 0.6) is 0 Å². The third-order valence-electron chi connectivity index (χ3n) is 23.3. The smallest absolute Gasteiger partial charge is 0.187 e. The maximum absolute atomic E-state index is 12.8. The molecule has 8 fully saturated rings. The zero-order chi connectivity index (χ0) is 65.5. The van der Waals surface area contributed by atoms with E-state index in [4.69, 9.17) is 47.4 Å². The number of hydrogen-bond donors (Lipinski definition) is 18. The van der Waals surface area contributed by atoms with E-state index < -0.39 is 227 Å². The minimum atomic E-state index is -2.07. The predicted molar refractivity (Wildman–Crippen MR) is 303 cm³/mol. The second-order valence-corrected chi connectivity index (χ2v) is 29.0. The normalized spacial score (nSPS) is 51.8. The number of hydrogen-bond acceptors (Lipinski definition) is 28. The minimum Gasteiger partial charge on any atom is -0.394 e. The molecule has 0 aromatic heterocycles. The Bertz CT molecular complexity index is 2340. The molecule has 5 saturated heterocycles. The first-order valence-corrected chi connectivity index (χ1v) is 31.9. The summed E-state index contributed by atoms with van der Waals surface area (Å²) in [4.78, 5) is 0. The lowest BCUT2D eigenvalue weighted by atomic mass is 9.38. The van der Waals surface area contributed by atoms with Crippen LogP contribution in [-0.2, 0) is 47.4 Å². The second kappa shape index (κ2) is 27.6. The highest BCUT2D eigenvalue weighted by molar-refractivity contribution is 5.32. The lowest BCUT2D eigenvalue weighted by molar-refractivity contribution is -0.397. The number of fused-ring (bicyclic) bond motifs is 5. The fraction of sp³-hybridized carbons (Fsp3) is 0.967. The van der Waals surface area contributed by atoms with Gasteiger partial charge >= 0.3 is 0 Å². The number of ether oxygens (including phenoxy) is 10. The molecule has 28 heteroatoms. The van der Waals surface area contributed by atoms with Gasteiger partial charge in [0, 0.05) is 16.7 Å². The van der Waals surface area contributed by atoms with Crippen molar-refractivity contribution in [3.63, 3.8) is 0 Å². The van der Waals surface area contributed by atoms with Crippen LogP contribution in [0.2, 0.25) is 0 Å². The van der Waals surface area contributed by atoms with E-state index in [9.17, 15) is 91.9 Å². The monoisotopic (exact) mass is 1280 g/mol. The number of aliphatic hydroxyl groups excluding tert-OH is 17. The van der Waals surface area contributed by atoms with Crippen molar-refractivity contribution in [2.24, 2.45) is 51.2 Å². The standard InChI is InChI=1S/C61H104O28/c1-24(26-16-17-59(7)34-13-11-27-28(61(34,9)35(66)18-60(26,59)8)12-15-36(57(27,3)4)86-53-46(75)43(72)40(69)30(20-63)82-53)10-14-37(58(5,6)79)87-56-51(89-55-48(77)45(74)42(71)32(22-65)84-55)49(78)50(88-54-47(76)44(73)41(70)31(21-64)83-54)33(85-56)23-80-52-39(68)25(2)38(67)29(19-62)81-52/h11,24-26,28-56,62-79H,10,12-23H2,1-9H3/t24-,25+,26?,28?,29-,30-,31-,32-,33-,34?,35-,36+,37-,38+,39-,40-,41-,42-,43+,44+,45+,46-,47-,48-,49+,50-,51-,52+,53+,54-,55+,56+,59+,60-,61+/m1/s1. The Morgan fingerprint density at radius 1 is 0.539 bits per heavy atom. The van der Waals surface area contributed by atoms with Gasteiger partial charge in [-0.1, -0.05) is 60.1 Å². The Kier molecular flexibility index (Phi) is 22.3. The Morgan fingerprint density at radius 2 is 1.02 bits per heavy atom. The van der Waals surface area contributed by atoms with Crippen molar-refractivity contribution < 1.29 is 139 Å². The molecule has 516 valence electrons. The maximum atomic E-state index is 12.8. The van der Waals surface area contributed by atoms with Gasteiger partial charge in [-0.25, -0.2) is 0 Å². The number of aliphatic hydroxyl groups is 18. The highest BCUT2D eigenvalue weighted by Gasteiger charge is 2.71. The summed E-state index contributed by atoms with van der Waals surface area (Å²) < 4.78 is 61.2. The molecule has 0 radical (unpaired) electrons. The summed E-state index contributed by atoms with van der Waals surface area (Å²) in [5, 5.41) is 197. The molecule has 28 nitrogen and oxygen atoms in total. The Balaban J connectivity index is 0.967. The zero-order valence-corrected chi connectivity index (χ0v) is 52.4. The first-order chi connectivity index (χ1) is 41.7. The summed E-state index contributed by atoms with van der Waals surface area (Å²) in [7, 11) is 0. The van der Waals surface area contributed by atoms with Crippen LogP contribution in [0.3, 0.4) is 0 Å². The summed E-state index contributed by atoms with van der Waals surface area (Å²) in [5.74, 6) is -0.866. The van der Waals surface area contributed by atoms with E-state index in [1.54, 1.807) is 0 Å². The molecule has 18 N–H and O–H groups in total.